The Hall–Kier alpha value is -1.39. The molecule has 0 aromatic carbocycles. The van der Waals surface area contributed by atoms with Gasteiger partial charge in [-0.25, -0.2) is 4.79 Å². The molecule has 0 unspecified atom stereocenters. The van der Waals surface area contributed by atoms with Crippen molar-refractivity contribution in [3.8, 4) is 0 Å². The van der Waals surface area contributed by atoms with Crippen LogP contribution in [0.25, 0.3) is 0 Å². The van der Waals surface area contributed by atoms with Crippen molar-refractivity contribution in [2.45, 2.75) is 0 Å². The van der Waals surface area contributed by atoms with Crippen molar-refractivity contribution >= 4 is 17.8 Å². The lowest BCUT2D eigenvalue weighted by Crippen LogP contribution is -2.13. The van der Waals surface area contributed by atoms with E-state index in [0.29, 0.717) is 0 Å². The second-order valence-electron chi connectivity index (χ2n) is 1.12. The maximum absolute atomic E-state index is 9.95. The van der Waals surface area contributed by atoms with E-state index in [-0.39, 0.29) is 0 Å². The summed E-state index contributed by atoms with van der Waals surface area (Å²) in [6.45, 7) is 0. The van der Waals surface area contributed by atoms with Gasteiger partial charge in [-0.2, -0.15) is 0 Å². The molecule has 2 radical (unpaired) electrons. The fraction of sp³-hybridized carbons (Fsp3) is 0. The van der Waals surface area contributed by atoms with Crippen LogP contribution in [-0.4, -0.2) is 17.8 Å². The number of hydrogen-bond acceptors (Lipinski definition) is 3. The van der Waals surface area contributed by atoms with Crippen LogP contribution in [0.1, 0.15) is 0 Å². The lowest BCUT2D eigenvalue weighted by atomic mass is 10.6. The SMILES string of the molecule is O=C1[N]C(=O)C(=O)[N]1. The lowest BCUT2D eigenvalue weighted by molar-refractivity contribution is -0.136. The maximum Gasteiger partial charge on any atom is 0.374 e. The highest BCUT2D eigenvalue weighted by atomic mass is 16.2. The predicted molar refractivity (Wildman–Crippen MR) is 19.7 cm³/mol. The molecule has 1 fully saturated rings. The van der Waals surface area contributed by atoms with Crippen LogP contribution in [0.3, 0.4) is 0 Å². The van der Waals surface area contributed by atoms with E-state index < -0.39 is 17.8 Å². The molecule has 5 heteroatoms. The van der Waals surface area contributed by atoms with Crippen molar-refractivity contribution < 1.29 is 14.4 Å². The molecule has 0 bridgehead atoms. The third-order valence-electron chi connectivity index (χ3n) is 0.577. The van der Waals surface area contributed by atoms with E-state index in [1.165, 1.54) is 0 Å². The summed E-state index contributed by atoms with van der Waals surface area (Å²) >= 11 is 0. The highest BCUT2D eigenvalue weighted by Crippen LogP contribution is 1.84. The lowest BCUT2D eigenvalue weighted by Gasteiger charge is -1.69. The number of carbonyl (C=O) groups excluding carboxylic acids is 3. The third-order valence-corrected chi connectivity index (χ3v) is 0.577. The topological polar surface area (TPSA) is 79.4 Å². The second-order valence-corrected chi connectivity index (χ2v) is 1.12. The second kappa shape index (κ2) is 1.29. The van der Waals surface area contributed by atoms with Gasteiger partial charge in [0.05, 0.1) is 0 Å². The number of amides is 4. The van der Waals surface area contributed by atoms with Crippen LogP contribution < -0.4 is 10.6 Å². The van der Waals surface area contributed by atoms with Crippen LogP contribution in [0.2, 0.25) is 0 Å². The smallest absolute Gasteiger partial charge is 0.261 e. The molecule has 0 N–H and O–H groups in total. The van der Waals surface area contributed by atoms with Gasteiger partial charge in [0, 0.05) is 0 Å². The average Bonchev–Trinajstić information content (AvgIpc) is 1.85. The number of urea groups is 1. The Bertz CT molecular complexity index is 155. The normalized spacial score (nSPS) is 18.2. The molecule has 0 atom stereocenters. The van der Waals surface area contributed by atoms with Gasteiger partial charge in [-0.3, -0.25) is 9.59 Å². The fourth-order valence-corrected chi connectivity index (χ4v) is 0.294. The molecule has 40 valence electrons. The molecule has 0 saturated carbocycles. The first-order chi connectivity index (χ1) is 3.70. The van der Waals surface area contributed by atoms with Crippen LogP contribution in [0.4, 0.5) is 4.79 Å². The average molecular weight is 112 g/mol. The number of hydrogen-bond donors (Lipinski definition) is 0. The van der Waals surface area contributed by atoms with E-state index in [2.05, 4.69) is 10.6 Å². The summed E-state index contributed by atoms with van der Waals surface area (Å²) < 4.78 is 0. The minimum atomic E-state index is -1.07. The van der Waals surface area contributed by atoms with E-state index in [1.54, 1.807) is 0 Å². The Morgan fingerprint density at radius 2 is 1.25 bits per heavy atom. The van der Waals surface area contributed by atoms with E-state index in [0.717, 1.165) is 0 Å². The molecule has 0 aromatic heterocycles. The fourth-order valence-electron chi connectivity index (χ4n) is 0.294. The van der Waals surface area contributed by atoms with Gasteiger partial charge >= 0.3 is 17.8 Å². The number of rotatable bonds is 0. The first-order valence-corrected chi connectivity index (χ1v) is 1.76. The zero-order valence-electron chi connectivity index (χ0n) is 3.62. The van der Waals surface area contributed by atoms with Gasteiger partial charge < -0.3 is 0 Å². The third kappa shape index (κ3) is 0.534. The van der Waals surface area contributed by atoms with E-state index >= 15 is 0 Å². The Morgan fingerprint density at radius 3 is 1.38 bits per heavy atom. The van der Waals surface area contributed by atoms with E-state index in [1.807, 2.05) is 0 Å². The van der Waals surface area contributed by atoms with Crippen molar-refractivity contribution in [2.75, 3.05) is 0 Å². The molecule has 4 amide bonds. The Balaban J connectivity index is 2.79. The zero-order chi connectivity index (χ0) is 6.15. The van der Waals surface area contributed by atoms with E-state index in [9.17, 15) is 14.4 Å². The maximum atomic E-state index is 9.95. The molecular weight excluding hydrogens is 112 g/mol. The minimum absolute atomic E-state index is 1.000. The van der Waals surface area contributed by atoms with Crippen LogP contribution in [0.5, 0.6) is 0 Å². The van der Waals surface area contributed by atoms with Crippen molar-refractivity contribution in [2.24, 2.45) is 0 Å². The van der Waals surface area contributed by atoms with Gasteiger partial charge in [-0.1, -0.05) is 0 Å². The monoisotopic (exact) mass is 112 g/mol. The van der Waals surface area contributed by atoms with Crippen molar-refractivity contribution in [3.05, 3.63) is 0 Å². The van der Waals surface area contributed by atoms with Gasteiger partial charge in [0.2, 0.25) is 0 Å². The summed E-state index contributed by atoms with van der Waals surface area (Å²) in [5.74, 6) is -2.15. The number of imide groups is 2. The number of carbonyl (C=O) groups is 3. The highest BCUT2D eigenvalue weighted by molar-refractivity contribution is 6.44. The standard InChI is InChI=1S/C3N2O3/c6-1-2(7)5-3(8)4-1. The molecular formula is C3N2O3. The predicted octanol–water partition coefficient (Wildman–Crippen LogP) is -1.62. The summed E-state index contributed by atoms with van der Waals surface area (Å²) in [4.78, 5) is 29.8. The van der Waals surface area contributed by atoms with Crippen molar-refractivity contribution in [1.82, 2.24) is 10.6 Å². The molecule has 0 spiro atoms. The summed E-state index contributed by atoms with van der Waals surface area (Å²) in [5, 5.41) is 5.35. The molecule has 0 aromatic rings. The molecule has 1 aliphatic heterocycles. The van der Waals surface area contributed by atoms with Crippen LogP contribution >= 0.6 is 0 Å². The summed E-state index contributed by atoms with van der Waals surface area (Å²) in [6.07, 6.45) is 0. The summed E-state index contributed by atoms with van der Waals surface area (Å²) in [6, 6.07) is -1.000. The van der Waals surface area contributed by atoms with E-state index in [4.69, 9.17) is 0 Å². The minimum Gasteiger partial charge on any atom is -0.261 e. The van der Waals surface area contributed by atoms with Gasteiger partial charge in [-0.15, -0.1) is 10.6 Å². The van der Waals surface area contributed by atoms with Gasteiger partial charge in [0.25, 0.3) is 0 Å². The summed E-state index contributed by atoms with van der Waals surface area (Å²) in [7, 11) is 0. The van der Waals surface area contributed by atoms with Gasteiger partial charge in [0.1, 0.15) is 0 Å². The molecule has 1 rings (SSSR count). The highest BCUT2D eigenvalue weighted by Gasteiger charge is 2.31. The Morgan fingerprint density at radius 1 is 0.875 bits per heavy atom. The molecule has 1 saturated heterocycles. The molecule has 0 aliphatic carbocycles. The largest absolute Gasteiger partial charge is 0.374 e. The first kappa shape index (κ1) is 4.76. The van der Waals surface area contributed by atoms with Crippen LogP contribution in [0, 0.1) is 0 Å². The van der Waals surface area contributed by atoms with Crippen molar-refractivity contribution in [1.29, 1.82) is 0 Å². The molecule has 1 aliphatic rings. The zero-order valence-corrected chi connectivity index (χ0v) is 3.62. The van der Waals surface area contributed by atoms with Gasteiger partial charge in [-0.05, 0) is 0 Å². The Labute approximate surface area is 44.0 Å². The first-order valence-electron chi connectivity index (χ1n) is 1.76. The quantitative estimate of drug-likeness (QED) is 0.279. The van der Waals surface area contributed by atoms with Crippen LogP contribution in [0.15, 0.2) is 0 Å². The summed E-state index contributed by atoms with van der Waals surface area (Å²) in [5.41, 5.74) is 0. The van der Waals surface area contributed by atoms with Gasteiger partial charge in [0.15, 0.2) is 0 Å². The molecule has 8 heavy (non-hydrogen) atoms. The molecule has 5 nitrogen and oxygen atoms in total. The molecule has 1 heterocycles. The number of nitrogens with zero attached hydrogens (tertiary/aromatic N) is 2. The van der Waals surface area contributed by atoms with Crippen molar-refractivity contribution in [3.63, 3.8) is 0 Å². The Kier molecular flexibility index (Phi) is 0.768. The van der Waals surface area contributed by atoms with Crippen LogP contribution in [-0.2, 0) is 9.59 Å².